The van der Waals surface area contributed by atoms with E-state index in [1.165, 1.54) is 0 Å². The summed E-state index contributed by atoms with van der Waals surface area (Å²) in [5, 5.41) is 12.2. The van der Waals surface area contributed by atoms with Gasteiger partial charge in [0.05, 0.1) is 5.56 Å². The second-order valence-electron chi connectivity index (χ2n) is 5.95. The van der Waals surface area contributed by atoms with Crippen molar-refractivity contribution in [2.24, 2.45) is 10.9 Å². The van der Waals surface area contributed by atoms with Gasteiger partial charge in [-0.1, -0.05) is 5.16 Å². The minimum atomic E-state index is 0.129. The van der Waals surface area contributed by atoms with E-state index >= 15 is 0 Å². The highest BCUT2D eigenvalue weighted by atomic mass is 16.4. The molecule has 116 valence electrons. The zero-order valence-corrected chi connectivity index (χ0v) is 13.3. The molecule has 6 nitrogen and oxygen atoms in total. The first-order chi connectivity index (χ1) is 9.93. The van der Waals surface area contributed by atoms with Gasteiger partial charge < -0.3 is 20.7 Å². The largest absolute Gasteiger partial charge is 0.409 e. The minimum Gasteiger partial charge on any atom is -0.409 e. The van der Waals surface area contributed by atoms with Crippen LogP contribution < -0.4 is 10.6 Å². The van der Waals surface area contributed by atoms with Crippen LogP contribution in [0.1, 0.15) is 29.7 Å². The molecule has 0 spiro atoms. The SMILES string of the molecule is Cc1cc(C)c(/C(N)=N/O)c(N2CCC(N(C)C)CC2)n1. The van der Waals surface area contributed by atoms with Crippen molar-refractivity contribution in [1.29, 1.82) is 0 Å². The highest BCUT2D eigenvalue weighted by Crippen LogP contribution is 2.26. The highest BCUT2D eigenvalue weighted by Gasteiger charge is 2.25. The molecule has 2 rings (SSSR count). The van der Waals surface area contributed by atoms with Crippen molar-refractivity contribution in [1.82, 2.24) is 9.88 Å². The van der Waals surface area contributed by atoms with Crippen molar-refractivity contribution < 1.29 is 5.21 Å². The van der Waals surface area contributed by atoms with Crippen LogP contribution in [0.5, 0.6) is 0 Å². The summed E-state index contributed by atoms with van der Waals surface area (Å²) in [5.74, 6) is 0.963. The van der Waals surface area contributed by atoms with Crippen LogP contribution in [0.25, 0.3) is 0 Å². The van der Waals surface area contributed by atoms with E-state index in [0.717, 1.165) is 48.6 Å². The summed E-state index contributed by atoms with van der Waals surface area (Å²) in [4.78, 5) is 9.15. The Morgan fingerprint density at radius 1 is 1.38 bits per heavy atom. The fourth-order valence-electron chi connectivity index (χ4n) is 3.01. The lowest BCUT2D eigenvalue weighted by molar-refractivity contribution is 0.249. The predicted molar refractivity (Wildman–Crippen MR) is 85.1 cm³/mol. The molecular weight excluding hydrogens is 266 g/mol. The van der Waals surface area contributed by atoms with E-state index in [9.17, 15) is 0 Å². The number of oxime groups is 1. The molecule has 1 fully saturated rings. The average Bonchev–Trinajstić information content (AvgIpc) is 2.45. The van der Waals surface area contributed by atoms with Gasteiger partial charge in [-0.05, 0) is 52.4 Å². The summed E-state index contributed by atoms with van der Waals surface area (Å²) in [6.45, 7) is 5.81. The number of nitrogens with two attached hydrogens (primary N) is 1. The Labute approximate surface area is 126 Å². The van der Waals surface area contributed by atoms with E-state index in [4.69, 9.17) is 10.9 Å². The lowest BCUT2D eigenvalue weighted by atomic mass is 10.0. The van der Waals surface area contributed by atoms with Gasteiger partial charge in [-0.2, -0.15) is 0 Å². The number of hydrogen-bond donors (Lipinski definition) is 2. The third kappa shape index (κ3) is 3.26. The number of aromatic nitrogens is 1. The zero-order chi connectivity index (χ0) is 15.6. The van der Waals surface area contributed by atoms with Crippen LogP contribution in [-0.2, 0) is 0 Å². The summed E-state index contributed by atoms with van der Waals surface area (Å²) >= 11 is 0. The highest BCUT2D eigenvalue weighted by molar-refractivity contribution is 6.02. The van der Waals surface area contributed by atoms with Gasteiger partial charge in [-0.15, -0.1) is 0 Å². The summed E-state index contributed by atoms with van der Waals surface area (Å²) in [5.41, 5.74) is 8.53. The van der Waals surface area contributed by atoms with Crippen LogP contribution >= 0.6 is 0 Å². The number of piperidine rings is 1. The molecule has 0 amide bonds. The summed E-state index contributed by atoms with van der Waals surface area (Å²) in [6, 6.07) is 2.57. The summed E-state index contributed by atoms with van der Waals surface area (Å²) in [7, 11) is 4.24. The van der Waals surface area contributed by atoms with Gasteiger partial charge in [-0.25, -0.2) is 4.98 Å². The number of aryl methyl sites for hydroxylation is 2. The number of hydrogen-bond acceptors (Lipinski definition) is 5. The van der Waals surface area contributed by atoms with Crippen molar-refractivity contribution in [2.45, 2.75) is 32.7 Å². The molecule has 1 aromatic heterocycles. The van der Waals surface area contributed by atoms with E-state index in [2.05, 4.69) is 34.0 Å². The topological polar surface area (TPSA) is 78.0 Å². The van der Waals surface area contributed by atoms with Crippen LogP contribution in [0.15, 0.2) is 11.2 Å². The number of nitrogens with zero attached hydrogens (tertiary/aromatic N) is 4. The Bertz CT molecular complexity index is 533. The van der Waals surface area contributed by atoms with Crippen molar-refractivity contribution >= 4 is 11.7 Å². The molecule has 0 unspecified atom stereocenters. The van der Waals surface area contributed by atoms with E-state index in [-0.39, 0.29) is 5.84 Å². The molecule has 1 saturated heterocycles. The van der Waals surface area contributed by atoms with Gasteiger partial charge in [0.2, 0.25) is 0 Å². The van der Waals surface area contributed by atoms with Crippen molar-refractivity contribution in [2.75, 3.05) is 32.1 Å². The quantitative estimate of drug-likeness (QED) is 0.380. The summed E-state index contributed by atoms with van der Waals surface area (Å²) in [6.07, 6.45) is 2.19. The van der Waals surface area contributed by atoms with Crippen molar-refractivity contribution in [3.63, 3.8) is 0 Å². The van der Waals surface area contributed by atoms with Crippen molar-refractivity contribution in [3.05, 3.63) is 22.9 Å². The molecule has 0 atom stereocenters. The maximum absolute atomic E-state index is 9.03. The van der Waals surface area contributed by atoms with Gasteiger partial charge in [0.15, 0.2) is 5.84 Å². The Kier molecular flexibility index (Phi) is 4.67. The normalized spacial score (nSPS) is 17.6. The average molecular weight is 291 g/mol. The molecule has 0 aromatic carbocycles. The molecule has 1 aromatic rings. The third-order valence-electron chi connectivity index (χ3n) is 4.18. The van der Waals surface area contributed by atoms with Crippen LogP contribution in [0.2, 0.25) is 0 Å². The molecule has 21 heavy (non-hydrogen) atoms. The number of rotatable bonds is 3. The lowest BCUT2D eigenvalue weighted by Crippen LogP contribution is -2.43. The predicted octanol–water partition coefficient (Wildman–Crippen LogP) is 1.32. The Morgan fingerprint density at radius 2 is 2.00 bits per heavy atom. The van der Waals surface area contributed by atoms with Gasteiger partial charge >= 0.3 is 0 Å². The molecule has 1 aliphatic heterocycles. The molecule has 0 saturated carbocycles. The molecule has 0 bridgehead atoms. The molecule has 2 heterocycles. The monoisotopic (exact) mass is 291 g/mol. The number of pyridine rings is 1. The number of anilines is 1. The molecular formula is C15H25N5O. The van der Waals surface area contributed by atoms with E-state index in [1.54, 1.807) is 0 Å². The number of amidine groups is 1. The van der Waals surface area contributed by atoms with Gasteiger partial charge in [0.1, 0.15) is 5.82 Å². The first-order valence-corrected chi connectivity index (χ1v) is 7.31. The maximum Gasteiger partial charge on any atom is 0.174 e. The fraction of sp³-hybridized carbons (Fsp3) is 0.600. The second kappa shape index (κ2) is 6.30. The Morgan fingerprint density at radius 3 is 2.52 bits per heavy atom. The van der Waals surface area contributed by atoms with E-state index in [0.29, 0.717) is 6.04 Å². The molecule has 0 aliphatic carbocycles. The van der Waals surface area contributed by atoms with Gasteiger partial charge in [0, 0.05) is 24.8 Å². The van der Waals surface area contributed by atoms with Crippen LogP contribution in [0, 0.1) is 13.8 Å². The smallest absolute Gasteiger partial charge is 0.174 e. The second-order valence-corrected chi connectivity index (χ2v) is 5.95. The van der Waals surface area contributed by atoms with E-state index in [1.807, 2.05) is 19.9 Å². The lowest BCUT2D eigenvalue weighted by Gasteiger charge is -2.36. The third-order valence-corrected chi connectivity index (χ3v) is 4.18. The first-order valence-electron chi connectivity index (χ1n) is 7.31. The van der Waals surface area contributed by atoms with Crippen LogP contribution in [-0.4, -0.2) is 54.2 Å². The van der Waals surface area contributed by atoms with Crippen LogP contribution in [0.3, 0.4) is 0 Å². The van der Waals surface area contributed by atoms with E-state index < -0.39 is 0 Å². The fourth-order valence-corrected chi connectivity index (χ4v) is 3.01. The Hall–Kier alpha value is -1.82. The molecule has 3 N–H and O–H groups in total. The zero-order valence-electron chi connectivity index (χ0n) is 13.3. The maximum atomic E-state index is 9.03. The van der Waals surface area contributed by atoms with Gasteiger partial charge in [0.25, 0.3) is 0 Å². The van der Waals surface area contributed by atoms with Crippen LogP contribution in [0.4, 0.5) is 5.82 Å². The molecule has 1 aliphatic rings. The molecule has 0 radical (unpaired) electrons. The van der Waals surface area contributed by atoms with Crippen molar-refractivity contribution in [3.8, 4) is 0 Å². The summed E-state index contributed by atoms with van der Waals surface area (Å²) < 4.78 is 0. The molecule has 6 heteroatoms. The minimum absolute atomic E-state index is 0.129. The van der Waals surface area contributed by atoms with Gasteiger partial charge in [-0.3, -0.25) is 0 Å². The Balaban J connectivity index is 2.32. The first kappa shape index (κ1) is 15.6. The standard InChI is InChI=1S/C15H25N5O/c1-10-9-11(2)17-15(13(10)14(16)18-21)20-7-5-12(6-8-20)19(3)4/h9,12,21H,5-8H2,1-4H3,(H2,16,18).